The Morgan fingerprint density at radius 3 is 1.77 bits per heavy atom. The van der Waals surface area contributed by atoms with Gasteiger partial charge < -0.3 is 25.7 Å². The van der Waals surface area contributed by atoms with E-state index in [-0.39, 0.29) is 111 Å². The van der Waals surface area contributed by atoms with Gasteiger partial charge in [-0.15, -0.1) is 11.6 Å². The maximum absolute atomic E-state index is 9.96. The number of carbonyl (C=O) groups is 1. The minimum absolute atomic E-state index is 0. The monoisotopic (exact) mass is 1340 g/mol. The Bertz CT molecular complexity index is 3740. The number of nitrogens with one attached hydrogen (secondary N) is 1. The van der Waals surface area contributed by atoms with E-state index in [1.54, 1.807) is 24.8 Å². The molecule has 12 nitrogen and oxygen atoms in total. The molecule has 0 amide bonds. The van der Waals surface area contributed by atoms with Gasteiger partial charge >= 0.3 is 103 Å². The van der Waals surface area contributed by atoms with Gasteiger partial charge in [0.25, 0.3) is 6.47 Å². The van der Waals surface area contributed by atoms with Crippen molar-refractivity contribution in [2.45, 2.75) is 19.0 Å². The number of hydrogen-bond acceptors (Lipinski definition) is 9. The van der Waals surface area contributed by atoms with Crippen molar-refractivity contribution in [3.63, 3.8) is 0 Å². The van der Waals surface area contributed by atoms with Crippen LogP contribution in [0.1, 0.15) is 19.5 Å². The molecule has 74 heavy (non-hydrogen) atoms. The fourth-order valence-corrected chi connectivity index (χ4v) is 9.40. The van der Waals surface area contributed by atoms with Crippen molar-refractivity contribution in [3.8, 4) is 11.3 Å². The van der Waals surface area contributed by atoms with Crippen LogP contribution in [0, 0.1) is 7.14 Å². The van der Waals surface area contributed by atoms with Crippen LogP contribution in [0.4, 0.5) is 4.39 Å². The Kier molecular flexibility index (Phi) is 25.8. The molecule has 1 N–H and O–H groups in total. The van der Waals surface area contributed by atoms with Gasteiger partial charge in [0.05, 0.1) is 51.4 Å². The van der Waals surface area contributed by atoms with E-state index >= 15 is 0 Å². The average molecular weight is 1340 g/mol. The number of carbonyl (C=O) groups excluding carboxylic acids is 1. The summed E-state index contributed by atoms with van der Waals surface area (Å²) in [6, 6.07) is 32.4. The molecule has 0 saturated carbocycles. The number of aromatic nitrogens is 9. The van der Waals surface area contributed by atoms with Crippen LogP contribution in [0.3, 0.4) is 0 Å². The summed E-state index contributed by atoms with van der Waals surface area (Å²) in [5.41, 5.74) is 10.9. The zero-order valence-corrected chi connectivity index (χ0v) is 53.1. The van der Waals surface area contributed by atoms with E-state index in [1.807, 2.05) is 97.7 Å². The normalized spacial score (nSPS) is 10.4. The predicted molar refractivity (Wildman–Crippen MR) is 303 cm³/mol. The number of fused-ring (bicyclic) bond motifs is 6. The van der Waals surface area contributed by atoms with Crippen molar-refractivity contribution < 1.29 is 125 Å². The second kappa shape index (κ2) is 31.6. The molecular weight excluding hydrogens is 1300 g/mol. The zero-order chi connectivity index (χ0) is 51.7. The largest absolute Gasteiger partial charge is 1.00 e. The minimum Gasteiger partial charge on any atom is -1.00 e. The molecule has 9 heterocycles. The van der Waals surface area contributed by atoms with Gasteiger partial charge in [0.2, 0.25) is 0 Å². The van der Waals surface area contributed by atoms with Crippen molar-refractivity contribution in [1.82, 2.24) is 44.0 Å². The second-order valence-electron chi connectivity index (χ2n) is 15.3. The fraction of sp³-hybridized carbons (Fsp3) is 0.0755. The average Bonchev–Trinajstić information content (AvgIpc) is 4.13. The number of benzene rings is 3. The minimum atomic E-state index is -1.00. The summed E-state index contributed by atoms with van der Waals surface area (Å²) in [6.45, 7) is 1.44. The van der Waals surface area contributed by atoms with Gasteiger partial charge in [-0.3, -0.25) is 39.1 Å². The summed E-state index contributed by atoms with van der Waals surface area (Å²) in [7, 11) is -1.00. The van der Waals surface area contributed by atoms with E-state index in [0.717, 1.165) is 68.1 Å². The van der Waals surface area contributed by atoms with Gasteiger partial charge in [0.15, 0.2) is 0 Å². The molecule has 10 aromatic rings. The number of H-pyrrole nitrogens is 1. The van der Waals surface area contributed by atoms with Crippen LogP contribution < -0.4 is 108 Å². The summed E-state index contributed by atoms with van der Waals surface area (Å²) < 4.78 is 22.3. The number of halogens is 7. The molecule has 2 aliphatic rings. The third-order valence-electron chi connectivity index (χ3n) is 10.6. The van der Waals surface area contributed by atoms with Gasteiger partial charge in [0.1, 0.15) is 0 Å². The SMILES string of the molecule is ClCc1ccc2ncc(Cl)cc2c1.Clc1cnc2ccc(Cn3cc(I)c4cnccc43)cc2c1.Clc1cnc2ccc(Cn3ccc4nccc-4c3)cc2c1.Ic1c[nH]c2ccncc12.O=CO[O-].[2H]CF.[H-].[K+].[K+]. The van der Waals surface area contributed by atoms with E-state index in [4.69, 9.17) is 57.8 Å². The number of aromatic amines is 1. The molecule has 0 radical (unpaired) electrons. The van der Waals surface area contributed by atoms with E-state index in [0.29, 0.717) is 20.9 Å². The first-order valence-corrected chi connectivity index (χ1v) is 25.1. The van der Waals surface area contributed by atoms with Crippen LogP contribution in [0.2, 0.25) is 15.1 Å². The summed E-state index contributed by atoms with van der Waals surface area (Å²) >= 11 is 28.2. The fourth-order valence-electron chi connectivity index (χ4n) is 7.40. The van der Waals surface area contributed by atoms with Crippen LogP contribution in [-0.4, -0.2) is 57.6 Å². The van der Waals surface area contributed by atoms with Gasteiger partial charge in [-0.05, 0) is 141 Å². The summed E-state index contributed by atoms with van der Waals surface area (Å²) in [6.07, 6.45) is 22.5. The smallest absolute Gasteiger partial charge is 1.00 e. The molecule has 0 aliphatic carbocycles. The molecule has 0 spiro atoms. The van der Waals surface area contributed by atoms with Gasteiger partial charge in [-0.2, -0.15) is 0 Å². The van der Waals surface area contributed by atoms with Crippen molar-refractivity contribution in [1.29, 1.82) is 0 Å². The van der Waals surface area contributed by atoms with E-state index in [1.165, 1.54) is 34.6 Å². The number of pyridine rings is 6. The van der Waals surface area contributed by atoms with Crippen LogP contribution in [0.5, 0.6) is 0 Å². The quantitative estimate of drug-likeness (QED) is 0.0436. The molecular formula is C53H40Cl4FI2K2N9O3. The second-order valence-corrected chi connectivity index (χ2v) is 19.2. The van der Waals surface area contributed by atoms with E-state index < -0.39 is 7.15 Å². The topological polar surface area (TPSA) is 152 Å². The Hall–Kier alpha value is -2.79. The maximum Gasteiger partial charge on any atom is 1.00 e. The molecule has 0 bridgehead atoms. The predicted octanol–water partition coefficient (Wildman–Crippen LogP) is 8.06. The standard InChI is InChI=1S/C17H11ClIN3.C17H12ClN3.C10H7Cl2N.C7H5IN2.CH3F.CH2O3.2K.H/c18-13-6-12-5-11(1-2-16(12)21-7-13)9-22-10-15(19)14-8-20-4-3-17(14)22;18-15-8-14-7-12(1-2-16(14)20-9-15)10-21-6-4-17-13(11-21)3-5-19-17;11-5-7-1-2-10-8(3-7)4-9(12)6-13-10;8-6-4-10-7-1-2-9-3-5(6)7;1-2;2-1-4-3;;;/h1-8,10H,9H2;1-9,11H,10H2;1-4,6H,5H2;1-4,10H;1H3;1,3H;;;/q;;;;;;2*+1;-1/p-1/i;;;;1D;;;;. The van der Waals surface area contributed by atoms with E-state index in [9.17, 15) is 4.39 Å². The van der Waals surface area contributed by atoms with Gasteiger partial charge in [-0.1, -0.05) is 53.0 Å². The molecule has 7 aromatic heterocycles. The molecule has 2 aliphatic heterocycles. The Balaban J connectivity index is 0.000000214. The Labute approximate surface area is 560 Å². The maximum atomic E-state index is 9.96. The molecule has 0 unspecified atom stereocenters. The number of rotatable bonds is 6. The number of alkyl halides is 2. The molecule has 0 saturated heterocycles. The molecule has 366 valence electrons. The first kappa shape index (κ1) is 60.4. The van der Waals surface area contributed by atoms with Crippen LogP contribution in [0.15, 0.2) is 171 Å². The van der Waals surface area contributed by atoms with Crippen molar-refractivity contribution in [2.75, 3.05) is 7.15 Å². The summed E-state index contributed by atoms with van der Waals surface area (Å²) in [4.78, 5) is 39.7. The molecule has 0 fully saturated rings. The molecule has 21 heteroatoms. The Morgan fingerprint density at radius 1 is 0.689 bits per heavy atom. The number of nitrogens with zero attached hydrogens (tertiary/aromatic N) is 8. The molecule has 3 aromatic carbocycles. The van der Waals surface area contributed by atoms with Gasteiger partial charge in [-0.25, -0.2) is 0 Å². The van der Waals surface area contributed by atoms with Crippen molar-refractivity contribution in [3.05, 3.63) is 210 Å². The Morgan fingerprint density at radius 2 is 1.22 bits per heavy atom. The third-order valence-corrected chi connectivity index (χ3v) is 13.3. The first-order valence-electron chi connectivity index (χ1n) is 22.0. The van der Waals surface area contributed by atoms with Crippen LogP contribution in [0.25, 0.3) is 65.8 Å². The summed E-state index contributed by atoms with van der Waals surface area (Å²) in [5, 5.41) is 16.0. The van der Waals surface area contributed by atoms with Crippen LogP contribution >= 0.6 is 91.6 Å². The zero-order valence-electron chi connectivity index (χ0n) is 41.5. The third kappa shape index (κ3) is 17.4. The van der Waals surface area contributed by atoms with E-state index in [2.05, 4.69) is 143 Å². The van der Waals surface area contributed by atoms with Crippen LogP contribution in [-0.2, 0) is 28.7 Å². The van der Waals surface area contributed by atoms with Crippen molar-refractivity contribution >= 4 is 153 Å². The van der Waals surface area contributed by atoms with Gasteiger partial charge in [0, 0.05) is 138 Å². The first-order chi connectivity index (χ1) is 35.5. The summed E-state index contributed by atoms with van der Waals surface area (Å²) in [5.74, 6) is 0.516. The van der Waals surface area contributed by atoms with Crippen molar-refractivity contribution in [2.24, 2.45) is 0 Å². The number of hydrogen-bond donors (Lipinski definition) is 1. The molecule has 0 atom stereocenters. The molecule has 12 rings (SSSR count).